The van der Waals surface area contributed by atoms with E-state index in [9.17, 15) is 4.79 Å². The zero-order valence-electron chi connectivity index (χ0n) is 9.44. The molecule has 18 heavy (non-hydrogen) atoms. The van der Waals surface area contributed by atoms with Gasteiger partial charge in [-0.3, -0.25) is 0 Å². The monoisotopic (exact) mass is 277 g/mol. The SMILES string of the molecule is COC(=O)c1cccc2c1nc(Cl)c1sccc12. The van der Waals surface area contributed by atoms with Crippen molar-refractivity contribution in [1.29, 1.82) is 0 Å². The number of methoxy groups -OCH3 is 1. The maximum atomic E-state index is 11.7. The van der Waals surface area contributed by atoms with Gasteiger partial charge in [0.15, 0.2) is 0 Å². The second kappa shape index (κ2) is 4.23. The van der Waals surface area contributed by atoms with E-state index >= 15 is 0 Å². The first-order chi connectivity index (χ1) is 8.72. The number of carbonyl (C=O) groups excluding carboxylic acids is 1. The number of halogens is 1. The lowest BCUT2D eigenvalue weighted by Crippen LogP contribution is -2.03. The molecule has 5 heteroatoms. The zero-order chi connectivity index (χ0) is 12.7. The Bertz CT molecular complexity index is 766. The van der Waals surface area contributed by atoms with Crippen LogP contribution in [0, 0.1) is 0 Å². The molecule has 2 heterocycles. The van der Waals surface area contributed by atoms with Crippen LogP contribution in [0.3, 0.4) is 0 Å². The highest BCUT2D eigenvalue weighted by molar-refractivity contribution is 7.18. The third-order valence-corrected chi connectivity index (χ3v) is 4.10. The van der Waals surface area contributed by atoms with Crippen LogP contribution in [-0.4, -0.2) is 18.1 Å². The van der Waals surface area contributed by atoms with E-state index in [4.69, 9.17) is 16.3 Å². The van der Waals surface area contributed by atoms with Crippen molar-refractivity contribution in [1.82, 2.24) is 4.98 Å². The fourth-order valence-corrected chi connectivity index (χ4v) is 3.09. The van der Waals surface area contributed by atoms with Gasteiger partial charge in [-0.25, -0.2) is 9.78 Å². The van der Waals surface area contributed by atoms with Crippen molar-refractivity contribution in [3.8, 4) is 0 Å². The summed E-state index contributed by atoms with van der Waals surface area (Å²) < 4.78 is 5.69. The Morgan fingerprint density at radius 2 is 2.17 bits per heavy atom. The number of rotatable bonds is 1. The lowest BCUT2D eigenvalue weighted by molar-refractivity contribution is 0.0603. The van der Waals surface area contributed by atoms with E-state index in [0.29, 0.717) is 16.2 Å². The summed E-state index contributed by atoms with van der Waals surface area (Å²) in [6, 6.07) is 7.42. The van der Waals surface area contributed by atoms with Crippen LogP contribution in [0.25, 0.3) is 21.0 Å². The molecule has 90 valence electrons. The summed E-state index contributed by atoms with van der Waals surface area (Å²) >= 11 is 7.68. The van der Waals surface area contributed by atoms with E-state index in [-0.39, 0.29) is 0 Å². The molecule has 0 atom stereocenters. The van der Waals surface area contributed by atoms with Gasteiger partial charge >= 0.3 is 5.97 Å². The highest BCUT2D eigenvalue weighted by atomic mass is 35.5. The van der Waals surface area contributed by atoms with Crippen molar-refractivity contribution < 1.29 is 9.53 Å². The summed E-state index contributed by atoms with van der Waals surface area (Å²) in [6.45, 7) is 0. The highest BCUT2D eigenvalue weighted by Crippen LogP contribution is 2.34. The Balaban J connectivity index is 2.48. The van der Waals surface area contributed by atoms with E-state index in [0.717, 1.165) is 15.5 Å². The molecule has 0 saturated heterocycles. The number of para-hydroxylation sites is 1. The summed E-state index contributed by atoms with van der Waals surface area (Å²) in [5, 5.41) is 4.31. The van der Waals surface area contributed by atoms with Crippen LogP contribution in [0.4, 0.5) is 0 Å². The number of ether oxygens (including phenoxy) is 1. The molecular weight excluding hydrogens is 270 g/mol. The summed E-state index contributed by atoms with van der Waals surface area (Å²) in [6.07, 6.45) is 0. The number of thiophene rings is 1. The normalized spacial score (nSPS) is 11.0. The van der Waals surface area contributed by atoms with Crippen LogP contribution >= 0.6 is 22.9 Å². The minimum atomic E-state index is -0.404. The quantitative estimate of drug-likeness (QED) is 0.500. The van der Waals surface area contributed by atoms with E-state index in [2.05, 4.69) is 4.98 Å². The molecular formula is C13H8ClNO2S. The van der Waals surface area contributed by atoms with Gasteiger partial charge in [0.25, 0.3) is 0 Å². The Hall–Kier alpha value is -1.65. The highest BCUT2D eigenvalue weighted by Gasteiger charge is 2.15. The number of hydrogen-bond donors (Lipinski definition) is 0. The molecule has 3 rings (SSSR count). The number of carbonyl (C=O) groups is 1. The number of nitrogens with zero attached hydrogens (tertiary/aromatic N) is 1. The van der Waals surface area contributed by atoms with Crippen LogP contribution in [-0.2, 0) is 4.74 Å². The van der Waals surface area contributed by atoms with Crippen molar-refractivity contribution in [2.24, 2.45) is 0 Å². The first kappa shape index (κ1) is 11.4. The van der Waals surface area contributed by atoms with Crippen LogP contribution in [0.15, 0.2) is 29.6 Å². The molecule has 0 N–H and O–H groups in total. The van der Waals surface area contributed by atoms with Crippen molar-refractivity contribution in [3.05, 3.63) is 40.4 Å². The number of pyridine rings is 1. The third-order valence-electron chi connectivity index (χ3n) is 2.79. The minimum absolute atomic E-state index is 0.404. The van der Waals surface area contributed by atoms with Gasteiger partial charge in [0.05, 0.1) is 22.9 Å². The van der Waals surface area contributed by atoms with Gasteiger partial charge in [0, 0.05) is 10.8 Å². The summed E-state index contributed by atoms with van der Waals surface area (Å²) in [7, 11) is 1.35. The van der Waals surface area contributed by atoms with E-state index in [1.165, 1.54) is 18.4 Å². The molecule has 3 nitrogen and oxygen atoms in total. The Kier molecular flexibility index (Phi) is 2.69. The van der Waals surface area contributed by atoms with E-state index in [1.807, 2.05) is 23.6 Å². The van der Waals surface area contributed by atoms with Gasteiger partial charge in [-0.1, -0.05) is 23.7 Å². The molecule has 0 aliphatic rings. The molecule has 3 aromatic rings. The third kappa shape index (κ3) is 1.57. The number of benzene rings is 1. The average Bonchev–Trinajstić information content (AvgIpc) is 2.87. The second-order valence-electron chi connectivity index (χ2n) is 3.76. The number of fused-ring (bicyclic) bond motifs is 3. The Morgan fingerprint density at radius 3 is 2.94 bits per heavy atom. The van der Waals surface area contributed by atoms with Gasteiger partial charge in [-0.05, 0) is 17.5 Å². The second-order valence-corrected chi connectivity index (χ2v) is 5.03. The van der Waals surface area contributed by atoms with Gasteiger partial charge in [-0.2, -0.15) is 0 Å². The van der Waals surface area contributed by atoms with Gasteiger partial charge < -0.3 is 4.74 Å². The average molecular weight is 278 g/mol. The van der Waals surface area contributed by atoms with Crippen LogP contribution in [0.5, 0.6) is 0 Å². The predicted octanol–water partition coefficient (Wildman–Crippen LogP) is 3.89. The molecule has 0 aliphatic carbocycles. The van der Waals surface area contributed by atoms with E-state index < -0.39 is 5.97 Å². The van der Waals surface area contributed by atoms with Crippen molar-refractivity contribution in [3.63, 3.8) is 0 Å². The maximum absolute atomic E-state index is 11.7. The topological polar surface area (TPSA) is 39.2 Å². The molecule has 0 unspecified atom stereocenters. The molecule has 0 bridgehead atoms. The summed E-state index contributed by atoms with van der Waals surface area (Å²) in [4.78, 5) is 16.0. The predicted molar refractivity (Wildman–Crippen MR) is 73.5 cm³/mol. The molecule has 0 radical (unpaired) electrons. The minimum Gasteiger partial charge on any atom is -0.465 e. The molecule has 2 aromatic heterocycles. The molecule has 0 aliphatic heterocycles. The van der Waals surface area contributed by atoms with Crippen molar-refractivity contribution in [2.45, 2.75) is 0 Å². The standard InChI is InChI=1S/C13H8ClNO2S/c1-17-13(16)9-4-2-3-7-8-5-6-18-11(8)12(14)15-10(7)9/h2-6H,1H3. The lowest BCUT2D eigenvalue weighted by Gasteiger charge is -2.05. The fraction of sp³-hybridized carbons (Fsp3) is 0.0769. The van der Waals surface area contributed by atoms with Crippen molar-refractivity contribution in [2.75, 3.05) is 7.11 Å². The van der Waals surface area contributed by atoms with Crippen molar-refractivity contribution >= 4 is 49.9 Å². The molecule has 1 aromatic carbocycles. The maximum Gasteiger partial charge on any atom is 0.340 e. The van der Waals surface area contributed by atoms with Gasteiger partial charge in [0.2, 0.25) is 0 Å². The zero-order valence-corrected chi connectivity index (χ0v) is 11.0. The number of aromatic nitrogens is 1. The molecule has 0 saturated carbocycles. The molecule has 0 fully saturated rings. The summed E-state index contributed by atoms with van der Waals surface area (Å²) in [5.41, 5.74) is 1.02. The van der Waals surface area contributed by atoms with Gasteiger partial charge in [-0.15, -0.1) is 11.3 Å². The number of esters is 1. The van der Waals surface area contributed by atoms with Gasteiger partial charge in [0.1, 0.15) is 5.15 Å². The van der Waals surface area contributed by atoms with Crippen LogP contribution in [0.2, 0.25) is 5.15 Å². The largest absolute Gasteiger partial charge is 0.465 e. The van der Waals surface area contributed by atoms with E-state index in [1.54, 1.807) is 6.07 Å². The fourth-order valence-electron chi connectivity index (χ4n) is 1.99. The Labute approximate surface area is 112 Å². The lowest BCUT2D eigenvalue weighted by atomic mass is 10.1. The summed E-state index contributed by atoms with van der Waals surface area (Å²) in [5.74, 6) is -0.404. The first-order valence-corrected chi connectivity index (χ1v) is 6.52. The smallest absolute Gasteiger partial charge is 0.340 e. The Morgan fingerprint density at radius 1 is 1.33 bits per heavy atom. The molecule has 0 spiro atoms. The number of hydrogen-bond acceptors (Lipinski definition) is 4. The van der Waals surface area contributed by atoms with Crippen LogP contribution < -0.4 is 0 Å². The van der Waals surface area contributed by atoms with Crippen LogP contribution in [0.1, 0.15) is 10.4 Å². The first-order valence-electron chi connectivity index (χ1n) is 5.26. The molecule has 0 amide bonds.